The van der Waals surface area contributed by atoms with Crippen LogP contribution in [0.1, 0.15) is 11.1 Å². The number of nitrogens with one attached hydrogen (secondary N) is 1. The van der Waals surface area contributed by atoms with Crippen molar-refractivity contribution >= 4 is 34.0 Å². The molecule has 0 aromatic heterocycles. The molecular weight excluding hydrogens is 369 g/mol. The molecule has 0 aliphatic heterocycles. The van der Waals surface area contributed by atoms with Gasteiger partial charge in [-0.05, 0) is 39.8 Å². The third-order valence-electron chi connectivity index (χ3n) is 2.91. The van der Waals surface area contributed by atoms with Crippen LogP contribution in [0.3, 0.4) is 0 Å². The van der Waals surface area contributed by atoms with E-state index in [-0.39, 0.29) is 5.69 Å². The van der Waals surface area contributed by atoms with Crippen molar-refractivity contribution in [3.63, 3.8) is 0 Å². The Kier molecular flexibility index (Phi) is 4.91. The first kappa shape index (κ1) is 14.7. The molecule has 0 bridgehead atoms. The van der Waals surface area contributed by atoms with Gasteiger partial charge in [0.25, 0.3) is 5.69 Å². The van der Waals surface area contributed by atoms with E-state index >= 15 is 0 Å². The molecule has 0 spiro atoms. The fourth-order valence-corrected chi connectivity index (χ4v) is 2.44. The maximum atomic E-state index is 10.7. The van der Waals surface area contributed by atoms with Crippen molar-refractivity contribution < 1.29 is 4.92 Å². The first-order valence-electron chi connectivity index (χ1n) is 6.06. The van der Waals surface area contributed by atoms with Crippen molar-refractivity contribution in [2.75, 3.05) is 5.32 Å². The van der Waals surface area contributed by atoms with E-state index < -0.39 is 4.92 Å². The van der Waals surface area contributed by atoms with Gasteiger partial charge in [0, 0.05) is 34.5 Å². The standard InChI is InChI=1S/C14H14IN3O2/c15-13-7-12(18(19)20)5-6-14(13)17-9-11-3-1-10(8-16)2-4-11/h1-7,17H,8-9,16H2. The fraction of sp³-hybridized carbons (Fsp3) is 0.143. The number of nitrogens with two attached hydrogens (primary N) is 1. The lowest BCUT2D eigenvalue weighted by Crippen LogP contribution is -2.02. The number of non-ortho nitro benzene ring substituents is 1. The van der Waals surface area contributed by atoms with E-state index in [1.165, 1.54) is 6.07 Å². The Balaban J connectivity index is 2.04. The van der Waals surface area contributed by atoms with Crippen LogP contribution in [0.25, 0.3) is 0 Å². The number of hydrogen-bond donors (Lipinski definition) is 2. The van der Waals surface area contributed by atoms with Gasteiger partial charge >= 0.3 is 0 Å². The van der Waals surface area contributed by atoms with Crippen molar-refractivity contribution in [1.82, 2.24) is 0 Å². The summed E-state index contributed by atoms with van der Waals surface area (Å²) in [4.78, 5) is 10.3. The SMILES string of the molecule is NCc1ccc(CNc2ccc([N+](=O)[O-])cc2I)cc1. The van der Waals surface area contributed by atoms with Gasteiger partial charge in [-0.15, -0.1) is 0 Å². The van der Waals surface area contributed by atoms with Crippen LogP contribution in [0.5, 0.6) is 0 Å². The van der Waals surface area contributed by atoms with E-state index in [1.54, 1.807) is 12.1 Å². The molecule has 0 aliphatic rings. The lowest BCUT2D eigenvalue weighted by atomic mass is 10.1. The minimum absolute atomic E-state index is 0.104. The third-order valence-corrected chi connectivity index (χ3v) is 3.80. The number of nitro groups is 1. The summed E-state index contributed by atoms with van der Waals surface area (Å²) in [6.07, 6.45) is 0. The minimum Gasteiger partial charge on any atom is -0.380 e. The van der Waals surface area contributed by atoms with Gasteiger partial charge in [-0.1, -0.05) is 24.3 Å². The molecule has 2 rings (SSSR count). The highest BCUT2D eigenvalue weighted by molar-refractivity contribution is 14.1. The van der Waals surface area contributed by atoms with E-state index in [2.05, 4.69) is 27.9 Å². The van der Waals surface area contributed by atoms with E-state index in [0.29, 0.717) is 13.1 Å². The van der Waals surface area contributed by atoms with E-state index in [9.17, 15) is 10.1 Å². The van der Waals surface area contributed by atoms with Gasteiger partial charge in [0.2, 0.25) is 0 Å². The Morgan fingerprint density at radius 2 is 1.80 bits per heavy atom. The van der Waals surface area contributed by atoms with Crippen molar-refractivity contribution in [3.8, 4) is 0 Å². The first-order chi connectivity index (χ1) is 9.60. The van der Waals surface area contributed by atoms with Crippen LogP contribution < -0.4 is 11.1 Å². The number of nitro benzene ring substituents is 1. The zero-order chi connectivity index (χ0) is 14.5. The summed E-state index contributed by atoms with van der Waals surface area (Å²) >= 11 is 2.09. The van der Waals surface area contributed by atoms with Crippen molar-refractivity contribution in [1.29, 1.82) is 0 Å². The molecule has 2 aromatic rings. The second kappa shape index (κ2) is 6.67. The zero-order valence-electron chi connectivity index (χ0n) is 10.7. The van der Waals surface area contributed by atoms with Crippen LogP contribution in [-0.2, 0) is 13.1 Å². The molecular formula is C14H14IN3O2. The second-order valence-electron chi connectivity index (χ2n) is 4.30. The lowest BCUT2D eigenvalue weighted by molar-refractivity contribution is -0.384. The van der Waals surface area contributed by atoms with Crippen LogP contribution in [0.2, 0.25) is 0 Å². The predicted molar refractivity (Wildman–Crippen MR) is 87.5 cm³/mol. The summed E-state index contributed by atoms with van der Waals surface area (Å²) in [6.45, 7) is 1.20. The van der Waals surface area contributed by atoms with Crippen molar-refractivity contribution in [2.24, 2.45) is 5.73 Å². The van der Waals surface area contributed by atoms with E-state index in [0.717, 1.165) is 20.4 Å². The molecule has 20 heavy (non-hydrogen) atoms. The smallest absolute Gasteiger partial charge is 0.270 e. The normalized spacial score (nSPS) is 10.3. The van der Waals surface area contributed by atoms with Gasteiger partial charge in [-0.2, -0.15) is 0 Å². The summed E-state index contributed by atoms with van der Waals surface area (Å²) in [5, 5.41) is 13.9. The van der Waals surface area contributed by atoms with Gasteiger partial charge in [-0.25, -0.2) is 0 Å². The Morgan fingerprint density at radius 1 is 1.15 bits per heavy atom. The fourth-order valence-electron chi connectivity index (χ4n) is 1.75. The highest BCUT2D eigenvalue weighted by Crippen LogP contribution is 2.24. The number of rotatable bonds is 5. The number of nitrogens with zero attached hydrogens (tertiary/aromatic N) is 1. The van der Waals surface area contributed by atoms with E-state index in [1.807, 2.05) is 24.3 Å². The van der Waals surface area contributed by atoms with Gasteiger partial charge in [-0.3, -0.25) is 10.1 Å². The van der Waals surface area contributed by atoms with Crippen LogP contribution >= 0.6 is 22.6 Å². The zero-order valence-corrected chi connectivity index (χ0v) is 12.8. The van der Waals surface area contributed by atoms with Crippen LogP contribution in [0.4, 0.5) is 11.4 Å². The Bertz CT molecular complexity index is 614. The first-order valence-corrected chi connectivity index (χ1v) is 7.13. The molecule has 104 valence electrons. The second-order valence-corrected chi connectivity index (χ2v) is 5.46. The molecule has 0 amide bonds. The number of halogens is 1. The third kappa shape index (κ3) is 3.67. The van der Waals surface area contributed by atoms with Crippen LogP contribution in [-0.4, -0.2) is 4.92 Å². The van der Waals surface area contributed by atoms with Gasteiger partial charge in [0.15, 0.2) is 0 Å². The monoisotopic (exact) mass is 383 g/mol. The molecule has 5 nitrogen and oxygen atoms in total. The molecule has 0 heterocycles. The average molecular weight is 383 g/mol. The van der Waals surface area contributed by atoms with Crippen molar-refractivity contribution in [2.45, 2.75) is 13.1 Å². The molecule has 0 saturated carbocycles. The van der Waals surface area contributed by atoms with Gasteiger partial charge < -0.3 is 11.1 Å². The quantitative estimate of drug-likeness (QED) is 0.472. The summed E-state index contributed by atoms with van der Waals surface area (Å²) in [6, 6.07) is 12.8. The highest BCUT2D eigenvalue weighted by atomic mass is 127. The molecule has 3 N–H and O–H groups in total. The molecule has 0 unspecified atom stereocenters. The topological polar surface area (TPSA) is 81.2 Å². The Labute approximate surface area is 130 Å². The molecule has 0 radical (unpaired) electrons. The Hall–Kier alpha value is -1.67. The number of hydrogen-bond acceptors (Lipinski definition) is 4. The minimum atomic E-state index is -0.391. The van der Waals surface area contributed by atoms with Crippen LogP contribution in [0, 0.1) is 13.7 Å². The summed E-state index contributed by atoms with van der Waals surface area (Å²) in [7, 11) is 0. The summed E-state index contributed by atoms with van der Waals surface area (Å²) < 4.78 is 0.829. The number of benzene rings is 2. The molecule has 0 saturated heterocycles. The number of anilines is 1. The van der Waals surface area contributed by atoms with Crippen LogP contribution in [0.15, 0.2) is 42.5 Å². The summed E-state index contributed by atoms with van der Waals surface area (Å²) in [5.74, 6) is 0. The van der Waals surface area contributed by atoms with Gasteiger partial charge in [0.1, 0.15) is 0 Å². The molecule has 0 atom stereocenters. The lowest BCUT2D eigenvalue weighted by Gasteiger charge is -2.09. The maximum Gasteiger partial charge on any atom is 0.270 e. The Morgan fingerprint density at radius 3 is 2.35 bits per heavy atom. The predicted octanol–water partition coefficient (Wildman–Crippen LogP) is 3.27. The van der Waals surface area contributed by atoms with Gasteiger partial charge in [0.05, 0.1) is 4.92 Å². The average Bonchev–Trinajstić information content (AvgIpc) is 2.46. The highest BCUT2D eigenvalue weighted by Gasteiger charge is 2.08. The van der Waals surface area contributed by atoms with Crippen molar-refractivity contribution in [3.05, 3.63) is 67.3 Å². The summed E-state index contributed by atoms with van der Waals surface area (Å²) in [5.41, 5.74) is 8.78. The van der Waals surface area contributed by atoms with E-state index in [4.69, 9.17) is 5.73 Å². The maximum absolute atomic E-state index is 10.7. The molecule has 6 heteroatoms. The molecule has 2 aromatic carbocycles. The largest absolute Gasteiger partial charge is 0.380 e. The molecule has 0 fully saturated rings. The molecule has 0 aliphatic carbocycles.